The summed E-state index contributed by atoms with van der Waals surface area (Å²) in [6.45, 7) is 18.1. The molecule has 188 valence electrons. The van der Waals surface area contributed by atoms with Crippen LogP contribution in [0.25, 0.3) is 0 Å². The molecule has 3 fully saturated rings. The summed E-state index contributed by atoms with van der Waals surface area (Å²) in [5, 5.41) is 4.50. The lowest BCUT2D eigenvalue weighted by Crippen LogP contribution is -2.68. The van der Waals surface area contributed by atoms with E-state index >= 15 is 0 Å². The van der Waals surface area contributed by atoms with E-state index in [1.54, 1.807) is 0 Å². The lowest BCUT2D eigenvalue weighted by atomic mass is 9.79. The third-order valence-electron chi connectivity index (χ3n) is 7.88. The SMILES string of the molecule is CC1(C)CC(N)CC(C)(C)N1OC1(ON2C(C)(C)CC(N)CC2(C)C)CCCCCCC1. The predicted octanol–water partition coefficient (Wildman–Crippen LogP) is 5.25. The number of hydrogen-bond donors (Lipinski definition) is 2. The highest BCUT2D eigenvalue weighted by atomic mass is 16.9. The second-order valence-corrected chi connectivity index (χ2v) is 13.5. The van der Waals surface area contributed by atoms with Crippen LogP contribution in [-0.2, 0) is 9.68 Å². The Morgan fingerprint density at radius 1 is 0.531 bits per heavy atom. The summed E-state index contributed by atoms with van der Waals surface area (Å²) < 4.78 is 0. The maximum absolute atomic E-state index is 7.13. The van der Waals surface area contributed by atoms with Crippen LogP contribution < -0.4 is 11.5 Å². The van der Waals surface area contributed by atoms with Gasteiger partial charge in [0.1, 0.15) is 0 Å². The standard InChI is InChI=1S/C26H52N4O2/c1-22(2)16-20(27)17-23(3,4)29(22)31-26(14-12-10-9-11-13-15-26)32-30-24(5,6)18-21(28)19-25(30,7)8/h20-21H,9-19,27-28H2,1-8H3. The van der Waals surface area contributed by atoms with Gasteiger partial charge in [0.2, 0.25) is 5.79 Å². The normalized spacial score (nSPS) is 31.7. The molecule has 1 saturated carbocycles. The summed E-state index contributed by atoms with van der Waals surface area (Å²) in [4.78, 5) is 14.3. The number of rotatable bonds is 4. The molecule has 2 aliphatic heterocycles. The molecular formula is C26H52N4O2. The largest absolute Gasteiger partial charge is 0.328 e. The van der Waals surface area contributed by atoms with Crippen LogP contribution in [-0.4, -0.2) is 50.2 Å². The Morgan fingerprint density at radius 2 is 0.812 bits per heavy atom. The summed E-state index contributed by atoms with van der Waals surface area (Å²) in [7, 11) is 0. The Morgan fingerprint density at radius 3 is 1.12 bits per heavy atom. The second kappa shape index (κ2) is 9.09. The smallest absolute Gasteiger partial charge is 0.207 e. The average Bonchev–Trinajstić information content (AvgIpc) is 2.55. The van der Waals surface area contributed by atoms with Gasteiger partial charge in [0, 0.05) is 47.1 Å². The van der Waals surface area contributed by atoms with Crippen molar-refractivity contribution in [2.24, 2.45) is 11.5 Å². The van der Waals surface area contributed by atoms with E-state index in [2.05, 4.69) is 65.5 Å². The lowest BCUT2D eigenvalue weighted by Gasteiger charge is -2.59. The molecular weight excluding hydrogens is 400 g/mol. The van der Waals surface area contributed by atoms with E-state index < -0.39 is 5.79 Å². The van der Waals surface area contributed by atoms with Crippen molar-refractivity contribution in [2.45, 2.75) is 166 Å². The first-order valence-corrected chi connectivity index (χ1v) is 13.1. The Bertz CT molecular complexity index is 556. The quantitative estimate of drug-likeness (QED) is 0.567. The highest BCUT2D eigenvalue weighted by Crippen LogP contribution is 2.46. The van der Waals surface area contributed by atoms with Crippen LogP contribution in [0.4, 0.5) is 0 Å². The zero-order chi connectivity index (χ0) is 24.0. The first-order valence-electron chi connectivity index (χ1n) is 13.1. The van der Waals surface area contributed by atoms with E-state index in [9.17, 15) is 0 Å². The van der Waals surface area contributed by atoms with E-state index in [1.807, 2.05) is 0 Å². The van der Waals surface area contributed by atoms with Gasteiger partial charge < -0.3 is 11.5 Å². The number of piperidine rings is 2. The molecule has 0 radical (unpaired) electrons. The van der Waals surface area contributed by atoms with Crippen molar-refractivity contribution in [3.63, 3.8) is 0 Å². The lowest BCUT2D eigenvalue weighted by molar-refractivity contribution is -0.473. The molecule has 1 aliphatic carbocycles. The Labute approximate surface area is 197 Å². The second-order valence-electron chi connectivity index (χ2n) is 13.5. The molecule has 0 atom stereocenters. The maximum atomic E-state index is 7.13. The molecule has 2 heterocycles. The third-order valence-corrected chi connectivity index (χ3v) is 7.88. The van der Waals surface area contributed by atoms with Crippen molar-refractivity contribution in [1.29, 1.82) is 0 Å². The highest BCUT2D eigenvalue weighted by molar-refractivity contribution is 5.00. The van der Waals surface area contributed by atoms with Crippen molar-refractivity contribution >= 4 is 0 Å². The minimum atomic E-state index is -0.660. The van der Waals surface area contributed by atoms with Crippen molar-refractivity contribution in [3.05, 3.63) is 0 Å². The number of nitrogens with zero attached hydrogens (tertiary/aromatic N) is 2. The molecule has 3 aliphatic rings. The van der Waals surface area contributed by atoms with Crippen LogP contribution in [0.3, 0.4) is 0 Å². The van der Waals surface area contributed by atoms with Crippen LogP contribution in [0.15, 0.2) is 0 Å². The minimum absolute atomic E-state index is 0.158. The molecule has 0 aromatic carbocycles. The number of hydrogen-bond acceptors (Lipinski definition) is 6. The fourth-order valence-electron chi connectivity index (χ4n) is 7.15. The summed E-state index contributed by atoms with van der Waals surface area (Å²) >= 11 is 0. The van der Waals surface area contributed by atoms with Crippen molar-refractivity contribution < 1.29 is 9.68 Å². The van der Waals surface area contributed by atoms with Gasteiger partial charge in [0.05, 0.1) is 0 Å². The van der Waals surface area contributed by atoms with E-state index in [-0.39, 0.29) is 34.2 Å². The molecule has 2 saturated heterocycles. The fourth-order valence-corrected chi connectivity index (χ4v) is 7.15. The topological polar surface area (TPSA) is 77.0 Å². The van der Waals surface area contributed by atoms with Gasteiger partial charge in [0.25, 0.3) is 0 Å². The van der Waals surface area contributed by atoms with Crippen molar-refractivity contribution in [1.82, 2.24) is 10.1 Å². The van der Waals surface area contributed by atoms with Gasteiger partial charge >= 0.3 is 0 Å². The van der Waals surface area contributed by atoms with E-state index in [1.165, 1.54) is 19.3 Å². The van der Waals surface area contributed by atoms with Gasteiger partial charge in [-0.05, 0) is 93.9 Å². The monoisotopic (exact) mass is 452 g/mol. The molecule has 3 rings (SSSR count). The molecule has 32 heavy (non-hydrogen) atoms. The first-order chi connectivity index (χ1) is 14.6. The summed E-state index contributed by atoms with van der Waals surface area (Å²) in [6.07, 6.45) is 11.5. The van der Waals surface area contributed by atoms with Crippen LogP contribution in [0, 0.1) is 0 Å². The van der Waals surface area contributed by atoms with E-state index in [4.69, 9.17) is 21.1 Å². The molecule has 4 N–H and O–H groups in total. The summed E-state index contributed by atoms with van der Waals surface area (Å²) in [5.41, 5.74) is 12.3. The summed E-state index contributed by atoms with van der Waals surface area (Å²) in [5.74, 6) is -0.660. The zero-order valence-corrected chi connectivity index (χ0v) is 22.3. The Hall–Kier alpha value is -0.240. The fraction of sp³-hybridized carbons (Fsp3) is 1.00. The van der Waals surface area contributed by atoms with Crippen LogP contribution in [0.1, 0.15) is 126 Å². The van der Waals surface area contributed by atoms with Gasteiger partial charge in [-0.15, -0.1) is 0 Å². The van der Waals surface area contributed by atoms with Crippen LogP contribution in [0.5, 0.6) is 0 Å². The van der Waals surface area contributed by atoms with Crippen LogP contribution >= 0.6 is 0 Å². The van der Waals surface area contributed by atoms with Gasteiger partial charge in [-0.3, -0.25) is 9.68 Å². The number of hydroxylamine groups is 4. The van der Waals surface area contributed by atoms with Gasteiger partial charge in [0.15, 0.2) is 0 Å². The minimum Gasteiger partial charge on any atom is -0.328 e. The van der Waals surface area contributed by atoms with Gasteiger partial charge in [-0.2, -0.15) is 10.1 Å². The average molecular weight is 453 g/mol. The molecule has 0 aromatic heterocycles. The van der Waals surface area contributed by atoms with Gasteiger partial charge in [-0.1, -0.05) is 19.3 Å². The van der Waals surface area contributed by atoms with Crippen LogP contribution in [0.2, 0.25) is 0 Å². The molecule has 0 bridgehead atoms. The molecule has 0 amide bonds. The van der Waals surface area contributed by atoms with Gasteiger partial charge in [-0.25, -0.2) is 0 Å². The summed E-state index contributed by atoms with van der Waals surface area (Å²) in [6, 6.07) is 0.381. The molecule has 6 nitrogen and oxygen atoms in total. The number of nitrogens with two attached hydrogens (primary N) is 2. The molecule has 0 unspecified atom stereocenters. The zero-order valence-electron chi connectivity index (χ0n) is 22.3. The van der Waals surface area contributed by atoms with Crippen molar-refractivity contribution in [2.75, 3.05) is 0 Å². The molecule has 0 aromatic rings. The highest BCUT2D eigenvalue weighted by Gasteiger charge is 2.53. The molecule has 0 spiro atoms. The third kappa shape index (κ3) is 5.69. The molecule has 6 heteroatoms. The maximum Gasteiger partial charge on any atom is 0.207 e. The Balaban J connectivity index is 1.96. The van der Waals surface area contributed by atoms with E-state index in [0.717, 1.165) is 51.4 Å². The predicted molar refractivity (Wildman–Crippen MR) is 132 cm³/mol. The first kappa shape index (κ1) is 26.4. The van der Waals surface area contributed by atoms with E-state index in [0.29, 0.717) is 0 Å². The Kier molecular flexibility index (Phi) is 7.49. The van der Waals surface area contributed by atoms with Crippen molar-refractivity contribution in [3.8, 4) is 0 Å².